The molecule has 0 unspecified atom stereocenters. The van der Waals surface area contributed by atoms with Crippen LogP contribution in [0.2, 0.25) is 0 Å². The van der Waals surface area contributed by atoms with E-state index in [2.05, 4.69) is 26.5 Å². The van der Waals surface area contributed by atoms with Crippen molar-refractivity contribution in [2.45, 2.75) is 0 Å². The molecule has 8 heteroatoms. The van der Waals surface area contributed by atoms with Crippen LogP contribution in [0.25, 0.3) is 0 Å². The third-order valence-electron chi connectivity index (χ3n) is 3.98. The van der Waals surface area contributed by atoms with Crippen LogP contribution in [-0.2, 0) is 4.79 Å². The van der Waals surface area contributed by atoms with Crippen LogP contribution in [0.15, 0.2) is 82.4 Å². The summed E-state index contributed by atoms with van der Waals surface area (Å²) in [6.45, 7) is -0.168. The molecule has 0 aliphatic heterocycles. The zero-order valence-corrected chi connectivity index (χ0v) is 18.2. The third kappa shape index (κ3) is 6.97. The molecular formula is C23H19BrN2O5. The summed E-state index contributed by atoms with van der Waals surface area (Å²) in [5.74, 6) is 0.693. The molecule has 0 aliphatic carbocycles. The smallest absolute Gasteiger partial charge is 0.343 e. The number of benzene rings is 3. The normalized spacial score (nSPS) is 10.5. The maximum absolute atomic E-state index is 12.3. The Morgan fingerprint density at radius 2 is 1.68 bits per heavy atom. The molecule has 0 saturated heterocycles. The lowest BCUT2D eigenvalue weighted by atomic mass is 10.2. The molecule has 0 fully saturated rings. The molecule has 0 atom stereocenters. The second kappa shape index (κ2) is 10.9. The topological polar surface area (TPSA) is 86.2 Å². The van der Waals surface area contributed by atoms with E-state index in [0.717, 1.165) is 4.47 Å². The summed E-state index contributed by atoms with van der Waals surface area (Å²) >= 11 is 3.33. The summed E-state index contributed by atoms with van der Waals surface area (Å²) in [5, 5.41) is 3.90. The lowest BCUT2D eigenvalue weighted by Crippen LogP contribution is -2.24. The average Bonchev–Trinajstić information content (AvgIpc) is 2.79. The minimum Gasteiger partial charge on any atom is -0.497 e. The number of esters is 1. The molecule has 0 radical (unpaired) electrons. The number of amides is 1. The molecule has 0 aliphatic rings. The molecular weight excluding hydrogens is 464 g/mol. The van der Waals surface area contributed by atoms with Crippen molar-refractivity contribution in [3.05, 3.63) is 88.4 Å². The molecule has 0 spiro atoms. The zero-order valence-electron chi connectivity index (χ0n) is 16.6. The SMILES string of the molecule is COc1ccc(C(=O)Oc2cccc(/C=N\NC(=O)COc3ccc(Br)cc3)c2)cc1. The van der Waals surface area contributed by atoms with Gasteiger partial charge in [-0.25, -0.2) is 10.2 Å². The predicted molar refractivity (Wildman–Crippen MR) is 120 cm³/mol. The lowest BCUT2D eigenvalue weighted by molar-refractivity contribution is -0.123. The number of nitrogens with one attached hydrogen (secondary N) is 1. The van der Waals surface area contributed by atoms with Gasteiger partial charge in [0.25, 0.3) is 5.91 Å². The van der Waals surface area contributed by atoms with Crippen molar-refractivity contribution in [3.8, 4) is 17.2 Å². The molecule has 0 bridgehead atoms. The first kappa shape index (κ1) is 22.0. The molecule has 7 nitrogen and oxygen atoms in total. The van der Waals surface area contributed by atoms with Gasteiger partial charge in [0.1, 0.15) is 17.2 Å². The molecule has 3 aromatic rings. The number of methoxy groups -OCH3 is 1. The highest BCUT2D eigenvalue weighted by atomic mass is 79.9. The van der Waals surface area contributed by atoms with Crippen molar-refractivity contribution in [1.82, 2.24) is 5.43 Å². The Hall–Kier alpha value is -3.65. The standard InChI is InChI=1S/C23H19BrN2O5/c1-29-19-9-5-17(6-10-19)23(28)31-21-4-2-3-16(13-21)14-25-26-22(27)15-30-20-11-7-18(24)8-12-20/h2-14H,15H2,1H3,(H,26,27)/b25-14-. The number of ether oxygens (including phenoxy) is 3. The van der Waals surface area contributed by atoms with Crippen molar-refractivity contribution in [2.24, 2.45) is 5.10 Å². The molecule has 0 saturated carbocycles. The quantitative estimate of drug-likeness (QED) is 0.225. The largest absolute Gasteiger partial charge is 0.497 e. The fourth-order valence-corrected chi connectivity index (χ4v) is 2.71. The van der Waals surface area contributed by atoms with Crippen LogP contribution >= 0.6 is 15.9 Å². The Balaban J connectivity index is 1.50. The van der Waals surface area contributed by atoms with Gasteiger partial charge in [-0.2, -0.15) is 5.10 Å². The number of nitrogens with zero attached hydrogens (tertiary/aromatic N) is 1. The molecule has 3 rings (SSSR count). The van der Waals surface area contributed by atoms with E-state index >= 15 is 0 Å². The summed E-state index contributed by atoms with van der Waals surface area (Å²) in [4.78, 5) is 24.1. The van der Waals surface area contributed by atoms with Crippen molar-refractivity contribution in [2.75, 3.05) is 13.7 Å². The van der Waals surface area contributed by atoms with E-state index in [1.165, 1.54) is 6.21 Å². The maximum atomic E-state index is 12.3. The Labute approximate surface area is 187 Å². The minimum absolute atomic E-state index is 0.168. The number of halogens is 1. The van der Waals surface area contributed by atoms with E-state index in [1.807, 2.05) is 12.1 Å². The van der Waals surface area contributed by atoms with Crippen LogP contribution in [-0.4, -0.2) is 31.8 Å². The highest BCUT2D eigenvalue weighted by Gasteiger charge is 2.09. The third-order valence-corrected chi connectivity index (χ3v) is 4.51. The van der Waals surface area contributed by atoms with E-state index in [0.29, 0.717) is 28.4 Å². The fourth-order valence-electron chi connectivity index (χ4n) is 2.44. The van der Waals surface area contributed by atoms with Gasteiger partial charge in [0.2, 0.25) is 0 Å². The second-order valence-corrected chi connectivity index (χ2v) is 7.14. The van der Waals surface area contributed by atoms with Crippen LogP contribution in [0.5, 0.6) is 17.2 Å². The Morgan fingerprint density at radius 1 is 0.968 bits per heavy atom. The van der Waals surface area contributed by atoms with Gasteiger partial charge in [-0.05, 0) is 66.2 Å². The first-order valence-electron chi connectivity index (χ1n) is 9.20. The highest BCUT2D eigenvalue weighted by Crippen LogP contribution is 2.17. The van der Waals surface area contributed by atoms with Crippen molar-refractivity contribution in [1.29, 1.82) is 0 Å². The Morgan fingerprint density at radius 3 is 2.39 bits per heavy atom. The van der Waals surface area contributed by atoms with Crippen molar-refractivity contribution < 1.29 is 23.8 Å². The van der Waals surface area contributed by atoms with Crippen molar-refractivity contribution >= 4 is 34.0 Å². The van der Waals surface area contributed by atoms with E-state index in [4.69, 9.17) is 14.2 Å². The van der Waals surface area contributed by atoms with Crippen LogP contribution in [0.1, 0.15) is 15.9 Å². The molecule has 1 N–H and O–H groups in total. The molecule has 158 valence electrons. The predicted octanol–water partition coefficient (Wildman–Crippen LogP) is 4.21. The van der Waals surface area contributed by atoms with E-state index < -0.39 is 11.9 Å². The number of carbonyl (C=O) groups excluding carboxylic acids is 2. The summed E-state index contributed by atoms with van der Waals surface area (Å²) in [5.41, 5.74) is 3.43. The number of carbonyl (C=O) groups is 2. The summed E-state index contributed by atoms with van der Waals surface area (Å²) in [6, 6.07) is 20.5. The fraction of sp³-hybridized carbons (Fsp3) is 0.0870. The van der Waals surface area contributed by atoms with Crippen LogP contribution in [0, 0.1) is 0 Å². The molecule has 1 amide bonds. The van der Waals surface area contributed by atoms with Gasteiger partial charge in [0.05, 0.1) is 18.9 Å². The first-order valence-corrected chi connectivity index (χ1v) is 9.99. The summed E-state index contributed by atoms with van der Waals surface area (Å²) in [7, 11) is 1.55. The van der Waals surface area contributed by atoms with Gasteiger partial charge >= 0.3 is 5.97 Å². The Bertz CT molecular complexity index is 1070. The zero-order chi connectivity index (χ0) is 22.1. The number of hydrogen-bond acceptors (Lipinski definition) is 6. The molecule has 3 aromatic carbocycles. The van der Waals surface area contributed by atoms with E-state index in [-0.39, 0.29) is 6.61 Å². The van der Waals surface area contributed by atoms with Gasteiger partial charge in [-0.1, -0.05) is 28.1 Å². The first-order chi connectivity index (χ1) is 15.0. The van der Waals surface area contributed by atoms with Crippen LogP contribution in [0.3, 0.4) is 0 Å². The van der Waals surface area contributed by atoms with Gasteiger partial charge < -0.3 is 14.2 Å². The van der Waals surface area contributed by atoms with Gasteiger partial charge in [0, 0.05) is 4.47 Å². The molecule has 0 aromatic heterocycles. The molecule has 0 heterocycles. The van der Waals surface area contributed by atoms with Gasteiger partial charge in [0.15, 0.2) is 6.61 Å². The van der Waals surface area contributed by atoms with E-state index in [1.54, 1.807) is 67.8 Å². The van der Waals surface area contributed by atoms with Crippen molar-refractivity contribution in [3.63, 3.8) is 0 Å². The lowest BCUT2D eigenvalue weighted by Gasteiger charge is -2.06. The maximum Gasteiger partial charge on any atom is 0.343 e. The Kier molecular flexibility index (Phi) is 7.78. The second-order valence-electron chi connectivity index (χ2n) is 6.23. The average molecular weight is 483 g/mol. The number of hydrogen-bond donors (Lipinski definition) is 1. The number of hydrazone groups is 1. The van der Waals surface area contributed by atoms with E-state index in [9.17, 15) is 9.59 Å². The van der Waals surface area contributed by atoms with Crippen LogP contribution in [0.4, 0.5) is 0 Å². The summed E-state index contributed by atoms with van der Waals surface area (Å²) < 4.78 is 16.8. The van der Waals surface area contributed by atoms with Gasteiger partial charge in [-0.15, -0.1) is 0 Å². The number of rotatable bonds is 8. The highest BCUT2D eigenvalue weighted by molar-refractivity contribution is 9.10. The minimum atomic E-state index is -0.491. The van der Waals surface area contributed by atoms with Crippen LogP contribution < -0.4 is 19.6 Å². The van der Waals surface area contributed by atoms with Gasteiger partial charge in [-0.3, -0.25) is 4.79 Å². The monoisotopic (exact) mass is 482 g/mol. The summed E-state index contributed by atoms with van der Waals surface area (Å²) in [6.07, 6.45) is 1.45. The molecule has 31 heavy (non-hydrogen) atoms.